The maximum Gasteiger partial charge on any atom is 0.266 e. The third kappa shape index (κ3) is 4.13. The molecular formula is C25H20Cl2N4O3. The Labute approximate surface area is 206 Å². The number of amides is 3. The van der Waals surface area contributed by atoms with E-state index in [9.17, 15) is 14.4 Å². The standard InChI is InChI=1S/C25H20Cl2N4O3/c26-16-5-8-22(28-14-16)30-11-9-15(10-12-30)23(32)29-17-6-7-21(20(27)13-17)31-24(33)18-3-1-2-4-19(18)25(31)34/h1-8,13-15H,9-12H2,(H,29,32). The summed E-state index contributed by atoms with van der Waals surface area (Å²) in [4.78, 5) is 45.9. The molecule has 0 radical (unpaired) electrons. The summed E-state index contributed by atoms with van der Waals surface area (Å²) in [6, 6.07) is 15.1. The number of anilines is 3. The first-order chi connectivity index (χ1) is 16.4. The van der Waals surface area contributed by atoms with Gasteiger partial charge in [-0.1, -0.05) is 35.3 Å². The van der Waals surface area contributed by atoms with Gasteiger partial charge in [-0.15, -0.1) is 0 Å². The molecule has 3 amide bonds. The zero-order chi connectivity index (χ0) is 23.8. The van der Waals surface area contributed by atoms with Gasteiger partial charge in [-0.3, -0.25) is 14.4 Å². The minimum absolute atomic E-state index is 0.0896. The average molecular weight is 495 g/mol. The van der Waals surface area contributed by atoms with Crippen LogP contribution in [0.3, 0.4) is 0 Å². The normalized spacial score (nSPS) is 16.1. The molecule has 34 heavy (non-hydrogen) atoms. The van der Waals surface area contributed by atoms with Gasteiger partial charge in [0.05, 0.1) is 26.9 Å². The summed E-state index contributed by atoms with van der Waals surface area (Å²) in [5, 5.41) is 3.70. The lowest BCUT2D eigenvalue weighted by Crippen LogP contribution is -2.38. The number of nitrogens with zero attached hydrogens (tertiary/aromatic N) is 3. The van der Waals surface area contributed by atoms with Gasteiger partial charge in [-0.25, -0.2) is 9.88 Å². The molecule has 1 fully saturated rings. The molecule has 7 nitrogen and oxygen atoms in total. The lowest BCUT2D eigenvalue weighted by molar-refractivity contribution is -0.120. The van der Waals surface area contributed by atoms with Crippen molar-refractivity contribution < 1.29 is 14.4 Å². The molecule has 172 valence electrons. The number of hydrogen-bond donors (Lipinski definition) is 1. The van der Waals surface area contributed by atoms with Gasteiger partial charge in [-0.2, -0.15) is 0 Å². The highest BCUT2D eigenvalue weighted by atomic mass is 35.5. The first-order valence-corrected chi connectivity index (χ1v) is 11.6. The number of nitrogens with one attached hydrogen (secondary N) is 1. The fourth-order valence-electron chi connectivity index (χ4n) is 4.34. The topological polar surface area (TPSA) is 82.6 Å². The van der Waals surface area contributed by atoms with Crippen molar-refractivity contribution in [3.05, 3.63) is 82.0 Å². The van der Waals surface area contributed by atoms with Crippen LogP contribution in [0.1, 0.15) is 33.6 Å². The first-order valence-electron chi connectivity index (χ1n) is 10.9. The second-order valence-corrected chi connectivity index (χ2v) is 9.09. The highest BCUT2D eigenvalue weighted by Crippen LogP contribution is 2.35. The Balaban J connectivity index is 1.24. The summed E-state index contributed by atoms with van der Waals surface area (Å²) in [6.07, 6.45) is 3.00. The van der Waals surface area contributed by atoms with E-state index in [-0.39, 0.29) is 22.5 Å². The first kappa shape index (κ1) is 22.4. The van der Waals surface area contributed by atoms with Crippen molar-refractivity contribution in [3.63, 3.8) is 0 Å². The van der Waals surface area contributed by atoms with E-state index in [4.69, 9.17) is 23.2 Å². The Bertz CT molecular complexity index is 1250. The maximum absolute atomic E-state index is 12.8. The third-order valence-corrected chi connectivity index (χ3v) is 6.68. The van der Waals surface area contributed by atoms with Crippen LogP contribution in [0, 0.1) is 5.92 Å². The third-order valence-electron chi connectivity index (χ3n) is 6.15. The molecule has 1 N–H and O–H groups in total. The number of carbonyl (C=O) groups excluding carboxylic acids is 3. The molecule has 0 unspecified atom stereocenters. The van der Waals surface area contributed by atoms with Gasteiger partial charge in [0.1, 0.15) is 5.82 Å². The van der Waals surface area contributed by atoms with Crippen LogP contribution in [0.5, 0.6) is 0 Å². The quantitative estimate of drug-likeness (QED) is 0.513. The molecule has 0 spiro atoms. The van der Waals surface area contributed by atoms with E-state index in [1.807, 2.05) is 6.07 Å². The molecule has 0 bridgehead atoms. The summed E-state index contributed by atoms with van der Waals surface area (Å²) in [7, 11) is 0. The van der Waals surface area contributed by atoms with Gasteiger partial charge in [0.2, 0.25) is 5.91 Å². The van der Waals surface area contributed by atoms with Gasteiger partial charge >= 0.3 is 0 Å². The second kappa shape index (κ2) is 9.08. The SMILES string of the molecule is O=C(Nc1ccc(N2C(=O)c3ccccc3C2=O)c(Cl)c1)C1CCN(c2ccc(Cl)cn2)CC1. The van der Waals surface area contributed by atoms with Crippen LogP contribution in [0.4, 0.5) is 17.2 Å². The molecule has 3 heterocycles. The van der Waals surface area contributed by atoms with Gasteiger partial charge in [-0.05, 0) is 55.3 Å². The number of rotatable bonds is 4. The van der Waals surface area contributed by atoms with Gasteiger partial charge in [0, 0.05) is 30.9 Å². The Morgan fingerprint density at radius 2 is 1.62 bits per heavy atom. The number of aromatic nitrogens is 1. The van der Waals surface area contributed by atoms with Crippen LogP contribution >= 0.6 is 23.2 Å². The minimum atomic E-state index is -0.416. The van der Waals surface area contributed by atoms with Crippen molar-refractivity contribution in [2.45, 2.75) is 12.8 Å². The van der Waals surface area contributed by atoms with E-state index in [0.717, 1.165) is 10.7 Å². The number of carbonyl (C=O) groups is 3. The summed E-state index contributed by atoms with van der Waals surface area (Å²) in [5.74, 6) is -0.215. The summed E-state index contributed by atoms with van der Waals surface area (Å²) in [6.45, 7) is 1.43. The highest BCUT2D eigenvalue weighted by Gasteiger charge is 2.37. The van der Waals surface area contributed by atoms with Crippen LogP contribution in [0.25, 0.3) is 0 Å². The molecule has 0 aliphatic carbocycles. The van der Waals surface area contributed by atoms with Crippen molar-refractivity contribution >= 4 is 58.1 Å². The molecular weight excluding hydrogens is 475 g/mol. The second-order valence-electron chi connectivity index (χ2n) is 8.24. The van der Waals surface area contributed by atoms with Crippen LogP contribution < -0.4 is 15.1 Å². The number of fused-ring (bicyclic) bond motifs is 1. The van der Waals surface area contributed by atoms with Crippen molar-refractivity contribution in [1.82, 2.24) is 4.98 Å². The summed E-state index contributed by atoms with van der Waals surface area (Å²) in [5.41, 5.74) is 1.49. The number of imide groups is 1. The minimum Gasteiger partial charge on any atom is -0.357 e. The van der Waals surface area contributed by atoms with E-state index in [1.54, 1.807) is 54.7 Å². The smallest absolute Gasteiger partial charge is 0.266 e. The maximum atomic E-state index is 12.8. The number of pyridine rings is 1. The Hall–Kier alpha value is -3.42. The zero-order valence-corrected chi connectivity index (χ0v) is 19.5. The fourth-order valence-corrected chi connectivity index (χ4v) is 4.72. The molecule has 2 aliphatic rings. The highest BCUT2D eigenvalue weighted by molar-refractivity contribution is 6.40. The van der Waals surface area contributed by atoms with E-state index in [0.29, 0.717) is 47.8 Å². The Morgan fingerprint density at radius 3 is 2.21 bits per heavy atom. The van der Waals surface area contributed by atoms with Crippen molar-refractivity contribution in [1.29, 1.82) is 0 Å². The predicted molar refractivity (Wildman–Crippen MR) is 132 cm³/mol. The van der Waals surface area contributed by atoms with Crippen LogP contribution in [0.2, 0.25) is 10.0 Å². The van der Waals surface area contributed by atoms with Crippen LogP contribution in [-0.2, 0) is 4.79 Å². The molecule has 9 heteroatoms. The van der Waals surface area contributed by atoms with Crippen molar-refractivity contribution in [3.8, 4) is 0 Å². The molecule has 2 aromatic carbocycles. The Kier molecular flexibility index (Phi) is 5.98. The van der Waals surface area contributed by atoms with Crippen molar-refractivity contribution in [2.75, 3.05) is 28.2 Å². The molecule has 0 atom stereocenters. The van der Waals surface area contributed by atoms with Crippen molar-refractivity contribution in [2.24, 2.45) is 5.92 Å². The van der Waals surface area contributed by atoms with E-state index < -0.39 is 11.8 Å². The molecule has 1 saturated heterocycles. The van der Waals surface area contributed by atoms with E-state index >= 15 is 0 Å². The van der Waals surface area contributed by atoms with Gasteiger partial charge < -0.3 is 10.2 Å². The number of benzene rings is 2. The van der Waals surface area contributed by atoms with Gasteiger partial charge in [0.25, 0.3) is 11.8 Å². The number of hydrogen-bond acceptors (Lipinski definition) is 5. The largest absolute Gasteiger partial charge is 0.357 e. The molecule has 3 aromatic rings. The molecule has 0 saturated carbocycles. The fraction of sp³-hybridized carbons (Fsp3) is 0.200. The molecule has 5 rings (SSSR count). The number of piperidine rings is 1. The number of halogens is 2. The Morgan fingerprint density at radius 1 is 0.941 bits per heavy atom. The predicted octanol–water partition coefficient (Wildman–Crippen LogP) is 5.04. The van der Waals surface area contributed by atoms with E-state index in [1.165, 1.54) is 0 Å². The summed E-state index contributed by atoms with van der Waals surface area (Å²) < 4.78 is 0. The lowest BCUT2D eigenvalue weighted by Gasteiger charge is -2.32. The zero-order valence-electron chi connectivity index (χ0n) is 18.0. The average Bonchev–Trinajstić information content (AvgIpc) is 3.10. The molecule has 1 aromatic heterocycles. The molecule has 2 aliphatic heterocycles. The summed E-state index contributed by atoms with van der Waals surface area (Å²) >= 11 is 12.3. The van der Waals surface area contributed by atoms with Crippen LogP contribution in [0.15, 0.2) is 60.8 Å². The lowest BCUT2D eigenvalue weighted by atomic mass is 9.95. The van der Waals surface area contributed by atoms with Gasteiger partial charge in [0.15, 0.2) is 0 Å². The monoisotopic (exact) mass is 494 g/mol. The van der Waals surface area contributed by atoms with Crippen LogP contribution in [-0.4, -0.2) is 35.8 Å². The van der Waals surface area contributed by atoms with E-state index in [2.05, 4.69) is 15.2 Å².